The predicted octanol–water partition coefficient (Wildman–Crippen LogP) is 5.28. The van der Waals surface area contributed by atoms with Crippen molar-refractivity contribution in [1.29, 1.82) is 0 Å². The van der Waals surface area contributed by atoms with Crippen molar-refractivity contribution in [3.8, 4) is 0 Å². The maximum Gasteiger partial charge on any atom is 0.252 e. The van der Waals surface area contributed by atoms with Gasteiger partial charge in [0.05, 0.1) is 17.1 Å². The van der Waals surface area contributed by atoms with Gasteiger partial charge in [-0.1, -0.05) is 57.5 Å². The molecule has 34 heavy (non-hydrogen) atoms. The summed E-state index contributed by atoms with van der Waals surface area (Å²) in [6.45, 7) is 16.0. The van der Waals surface area contributed by atoms with Crippen molar-refractivity contribution >= 4 is 22.8 Å². The summed E-state index contributed by atoms with van der Waals surface area (Å²) in [6, 6.07) is 13.3. The van der Waals surface area contributed by atoms with E-state index in [9.17, 15) is 9.59 Å². The standard InChI is InChI=1S/C28H38N4O2/c1-18(2)15-31(16-19(3)4)26(33)17-32-25-11-9-8-10-24(25)30-27(32)22(7)29-28(34)23-13-12-20(5)14-21(23)6/h8-14,18-19,22H,15-17H2,1-7H3,(H,29,34). The number of benzene rings is 2. The molecular weight excluding hydrogens is 424 g/mol. The number of aromatic nitrogens is 2. The second-order valence-electron chi connectivity index (χ2n) is 10.1. The highest BCUT2D eigenvalue weighted by Crippen LogP contribution is 2.22. The average Bonchev–Trinajstić information content (AvgIpc) is 3.11. The Hall–Kier alpha value is -3.15. The van der Waals surface area contributed by atoms with E-state index in [1.807, 2.05) is 72.7 Å². The molecule has 2 amide bonds. The first-order valence-corrected chi connectivity index (χ1v) is 12.2. The van der Waals surface area contributed by atoms with Crippen LogP contribution in [0.3, 0.4) is 0 Å². The number of hydrogen-bond donors (Lipinski definition) is 1. The Morgan fingerprint density at radius 3 is 2.24 bits per heavy atom. The molecule has 1 heterocycles. The van der Waals surface area contributed by atoms with E-state index in [1.54, 1.807) is 0 Å². The molecule has 1 unspecified atom stereocenters. The lowest BCUT2D eigenvalue weighted by atomic mass is 10.0. The van der Waals surface area contributed by atoms with Crippen LogP contribution in [0.15, 0.2) is 42.5 Å². The van der Waals surface area contributed by atoms with E-state index >= 15 is 0 Å². The SMILES string of the molecule is Cc1ccc(C(=O)NC(C)c2nc3ccccc3n2CC(=O)N(CC(C)C)CC(C)C)c(C)c1. The summed E-state index contributed by atoms with van der Waals surface area (Å²) in [5.41, 5.74) is 4.42. The summed E-state index contributed by atoms with van der Waals surface area (Å²) in [6.07, 6.45) is 0. The molecule has 0 aliphatic carbocycles. The molecular formula is C28H38N4O2. The zero-order valence-electron chi connectivity index (χ0n) is 21.6. The highest BCUT2D eigenvalue weighted by Gasteiger charge is 2.23. The molecule has 2 aromatic carbocycles. The van der Waals surface area contributed by atoms with Crippen molar-refractivity contribution < 1.29 is 9.59 Å². The number of nitrogens with one attached hydrogen (secondary N) is 1. The van der Waals surface area contributed by atoms with Gasteiger partial charge in [-0.3, -0.25) is 9.59 Å². The molecule has 0 fully saturated rings. The fourth-order valence-electron chi connectivity index (χ4n) is 4.39. The van der Waals surface area contributed by atoms with Crippen molar-refractivity contribution in [1.82, 2.24) is 19.8 Å². The Bertz CT molecular complexity index is 1150. The van der Waals surface area contributed by atoms with Crippen LogP contribution in [0, 0.1) is 25.7 Å². The van der Waals surface area contributed by atoms with E-state index < -0.39 is 0 Å². The predicted molar refractivity (Wildman–Crippen MR) is 138 cm³/mol. The largest absolute Gasteiger partial charge is 0.342 e. The maximum atomic E-state index is 13.4. The molecule has 0 aliphatic rings. The molecule has 0 spiro atoms. The molecule has 1 N–H and O–H groups in total. The molecule has 3 aromatic rings. The first-order chi connectivity index (χ1) is 16.1. The second-order valence-corrected chi connectivity index (χ2v) is 10.1. The second kappa shape index (κ2) is 10.9. The molecule has 182 valence electrons. The molecule has 6 nitrogen and oxygen atoms in total. The van der Waals surface area contributed by atoms with Crippen LogP contribution >= 0.6 is 0 Å². The van der Waals surface area contributed by atoms with E-state index in [0.717, 1.165) is 35.2 Å². The number of aryl methyl sites for hydroxylation is 2. The van der Waals surface area contributed by atoms with Crippen LogP contribution in [0.2, 0.25) is 0 Å². The van der Waals surface area contributed by atoms with Gasteiger partial charge in [-0.25, -0.2) is 4.98 Å². The summed E-state index contributed by atoms with van der Waals surface area (Å²) < 4.78 is 1.96. The van der Waals surface area contributed by atoms with Crippen LogP contribution in [0.5, 0.6) is 0 Å². The van der Waals surface area contributed by atoms with Gasteiger partial charge in [0, 0.05) is 18.7 Å². The number of fused-ring (bicyclic) bond motifs is 1. The Kier molecular flexibility index (Phi) is 8.13. The number of para-hydroxylation sites is 2. The maximum absolute atomic E-state index is 13.4. The van der Waals surface area contributed by atoms with Crippen LogP contribution in [0.4, 0.5) is 0 Å². The highest BCUT2D eigenvalue weighted by molar-refractivity contribution is 5.96. The highest BCUT2D eigenvalue weighted by atomic mass is 16.2. The Labute approximate surface area is 203 Å². The minimum Gasteiger partial charge on any atom is -0.342 e. The topological polar surface area (TPSA) is 67.2 Å². The van der Waals surface area contributed by atoms with Gasteiger partial charge in [0.25, 0.3) is 5.91 Å². The molecule has 0 saturated heterocycles. The van der Waals surface area contributed by atoms with Gasteiger partial charge in [0.1, 0.15) is 12.4 Å². The Morgan fingerprint density at radius 1 is 0.971 bits per heavy atom. The lowest BCUT2D eigenvalue weighted by Crippen LogP contribution is -2.39. The molecule has 0 radical (unpaired) electrons. The van der Waals surface area contributed by atoms with Gasteiger partial charge in [0.2, 0.25) is 5.91 Å². The zero-order chi connectivity index (χ0) is 25.0. The summed E-state index contributed by atoms with van der Waals surface area (Å²) in [4.78, 5) is 33.2. The molecule has 0 bridgehead atoms. The Morgan fingerprint density at radius 2 is 1.62 bits per heavy atom. The van der Waals surface area contributed by atoms with Crippen LogP contribution in [0.25, 0.3) is 11.0 Å². The van der Waals surface area contributed by atoms with Crippen LogP contribution in [-0.2, 0) is 11.3 Å². The fourth-order valence-corrected chi connectivity index (χ4v) is 4.39. The number of rotatable bonds is 9. The third-order valence-electron chi connectivity index (χ3n) is 5.86. The van der Waals surface area contributed by atoms with Crippen LogP contribution in [-0.4, -0.2) is 39.4 Å². The van der Waals surface area contributed by atoms with Gasteiger partial charge in [-0.15, -0.1) is 0 Å². The van der Waals surface area contributed by atoms with Gasteiger partial charge < -0.3 is 14.8 Å². The van der Waals surface area contributed by atoms with E-state index in [4.69, 9.17) is 4.98 Å². The molecule has 3 rings (SSSR count). The third kappa shape index (κ3) is 6.04. The van der Waals surface area contributed by atoms with E-state index in [2.05, 4.69) is 33.0 Å². The molecule has 1 aromatic heterocycles. The monoisotopic (exact) mass is 462 g/mol. The third-order valence-corrected chi connectivity index (χ3v) is 5.86. The lowest BCUT2D eigenvalue weighted by molar-refractivity contribution is -0.132. The molecule has 0 saturated carbocycles. The number of hydrogen-bond acceptors (Lipinski definition) is 3. The first kappa shape index (κ1) is 25.5. The van der Waals surface area contributed by atoms with Crippen LogP contribution < -0.4 is 5.32 Å². The minimum absolute atomic E-state index is 0.0692. The van der Waals surface area contributed by atoms with Gasteiger partial charge in [-0.05, 0) is 56.4 Å². The number of nitrogens with zero attached hydrogens (tertiary/aromatic N) is 3. The van der Waals surface area contributed by atoms with Crippen molar-refractivity contribution in [3.05, 3.63) is 65.0 Å². The number of imidazole rings is 1. The van der Waals surface area contributed by atoms with E-state index in [0.29, 0.717) is 23.2 Å². The summed E-state index contributed by atoms with van der Waals surface area (Å²) in [5, 5.41) is 3.09. The molecule has 0 aliphatic heterocycles. The van der Waals surface area contributed by atoms with Crippen molar-refractivity contribution in [2.45, 2.75) is 61.1 Å². The van der Waals surface area contributed by atoms with Gasteiger partial charge >= 0.3 is 0 Å². The smallest absolute Gasteiger partial charge is 0.252 e. The van der Waals surface area contributed by atoms with Gasteiger partial charge in [-0.2, -0.15) is 0 Å². The summed E-state index contributed by atoms with van der Waals surface area (Å²) in [7, 11) is 0. The van der Waals surface area contributed by atoms with Crippen LogP contribution in [0.1, 0.15) is 68.0 Å². The number of carbonyl (C=O) groups is 2. The van der Waals surface area contributed by atoms with E-state index in [1.165, 1.54) is 0 Å². The quantitative estimate of drug-likeness (QED) is 0.470. The van der Waals surface area contributed by atoms with Crippen molar-refractivity contribution in [2.24, 2.45) is 11.8 Å². The van der Waals surface area contributed by atoms with E-state index in [-0.39, 0.29) is 24.4 Å². The van der Waals surface area contributed by atoms with Crippen molar-refractivity contribution in [3.63, 3.8) is 0 Å². The number of amides is 2. The Balaban J connectivity index is 1.91. The van der Waals surface area contributed by atoms with Crippen molar-refractivity contribution in [2.75, 3.05) is 13.1 Å². The summed E-state index contributed by atoms with van der Waals surface area (Å²) >= 11 is 0. The average molecular weight is 463 g/mol. The fraction of sp³-hybridized carbons (Fsp3) is 0.464. The summed E-state index contributed by atoms with van der Waals surface area (Å²) in [5.74, 6) is 1.38. The zero-order valence-corrected chi connectivity index (χ0v) is 21.6. The molecule has 1 atom stereocenters. The molecule has 6 heteroatoms. The normalized spacial score (nSPS) is 12.4. The minimum atomic E-state index is -0.364. The lowest BCUT2D eigenvalue weighted by Gasteiger charge is -2.27. The number of carbonyl (C=O) groups excluding carboxylic acids is 2. The first-order valence-electron chi connectivity index (χ1n) is 12.2. The van der Waals surface area contributed by atoms with Gasteiger partial charge in [0.15, 0.2) is 0 Å².